The van der Waals surface area contributed by atoms with Crippen LogP contribution in [-0.4, -0.2) is 16.7 Å². The number of nitrogens with zero attached hydrogens (tertiary/aromatic N) is 1. The molecular formula is C15H17NO3. The first kappa shape index (κ1) is 13.4. The van der Waals surface area contributed by atoms with Gasteiger partial charge < -0.3 is 14.6 Å². The highest BCUT2D eigenvalue weighted by Crippen LogP contribution is 2.31. The van der Waals surface area contributed by atoms with Crippen LogP contribution >= 0.6 is 0 Å². The number of benzene rings is 1. The largest absolute Gasteiger partial charge is 0.490 e. The van der Waals surface area contributed by atoms with Crippen LogP contribution in [0.4, 0.5) is 0 Å². The average Bonchev–Trinajstić information content (AvgIpc) is 2.43. The lowest BCUT2D eigenvalue weighted by Crippen LogP contribution is -1.97. The Kier molecular flexibility index (Phi) is 4.36. The van der Waals surface area contributed by atoms with E-state index in [0.717, 1.165) is 11.1 Å². The fraction of sp³-hybridized carbons (Fsp3) is 0.267. The molecule has 1 N–H and O–H groups in total. The van der Waals surface area contributed by atoms with E-state index in [4.69, 9.17) is 14.6 Å². The predicted octanol–water partition coefficient (Wildman–Crippen LogP) is 3.07. The molecule has 0 aliphatic carbocycles. The number of aliphatic hydroxyl groups excluding tert-OH is 1. The summed E-state index contributed by atoms with van der Waals surface area (Å²) in [6.07, 6.45) is 1.60. The SMILES string of the molecule is CCOc1ccccc1Oc1ncc(CO)cc1C. The van der Waals surface area contributed by atoms with Crippen LogP contribution in [0.3, 0.4) is 0 Å². The molecule has 2 rings (SSSR count). The standard InChI is InChI=1S/C15H17NO3/c1-3-18-13-6-4-5-7-14(13)19-15-11(2)8-12(10-17)9-16-15/h4-9,17H,3,10H2,1-2H3. The third-order valence-corrected chi connectivity index (χ3v) is 2.63. The fourth-order valence-corrected chi connectivity index (χ4v) is 1.73. The smallest absolute Gasteiger partial charge is 0.222 e. The number of para-hydroxylation sites is 2. The maximum Gasteiger partial charge on any atom is 0.222 e. The minimum absolute atomic E-state index is 0.0242. The van der Waals surface area contributed by atoms with Crippen molar-refractivity contribution in [2.24, 2.45) is 0 Å². The molecule has 4 heteroatoms. The van der Waals surface area contributed by atoms with Crippen LogP contribution in [0.5, 0.6) is 17.4 Å². The third-order valence-electron chi connectivity index (χ3n) is 2.63. The van der Waals surface area contributed by atoms with Gasteiger partial charge in [-0.1, -0.05) is 12.1 Å². The first-order valence-corrected chi connectivity index (χ1v) is 6.20. The Morgan fingerprint density at radius 3 is 2.58 bits per heavy atom. The van der Waals surface area contributed by atoms with E-state index >= 15 is 0 Å². The highest BCUT2D eigenvalue weighted by atomic mass is 16.5. The monoisotopic (exact) mass is 259 g/mol. The molecule has 1 heterocycles. The van der Waals surface area contributed by atoms with Crippen LogP contribution in [0.1, 0.15) is 18.1 Å². The summed E-state index contributed by atoms with van der Waals surface area (Å²) in [5.41, 5.74) is 1.64. The third kappa shape index (κ3) is 3.23. The van der Waals surface area contributed by atoms with Gasteiger partial charge in [0.2, 0.25) is 5.88 Å². The number of hydrogen-bond acceptors (Lipinski definition) is 4. The van der Waals surface area contributed by atoms with Crippen molar-refractivity contribution >= 4 is 0 Å². The first-order valence-electron chi connectivity index (χ1n) is 6.20. The molecule has 0 radical (unpaired) electrons. The quantitative estimate of drug-likeness (QED) is 0.896. The van der Waals surface area contributed by atoms with E-state index in [1.807, 2.05) is 44.2 Å². The zero-order chi connectivity index (χ0) is 13.7. The van der Waals surface area contributed by atoms with Crippen molar-refractivity contribution in [2.75, 3.05) is 6.61 Å². The number of hydrogen-bond donors (Lipinski definition) is 1. The average molecular weight is 259 g/mol. The summed E-state index contributed by atoms with van der Waals surface area (Å²) < 4.78 is 11.3. The molecule has 0 aliphatic rings. The fourth-order valence-electron chi connectivity index (χ4n) is 1.73. The Bertz CT molecular complexity index is 555. The summed E-state index contributed by atoms with van der Waals surface area (Å²) in [6.45, 7) is 4.38. The maximum absolute atomic E-state index is 9.06. The molecule has 100 valence electrons. The normalized spacial score (nSPS) is 10.3. The Labute approximate surface area is 112 Å². The van der Waals surface area contributed by atoms with Crippen LogP contribution in [0.25, 0.3) is 0 Å². The first-order chi connectivity index (χ1) is 9.24. The molecule has 1 aromatic carbocycles. The van der Waals surface area contributed by atoms with E-state index in [9.17, 15) is 0 Å². The van der Waals surface area contributed by atoms with Crippen molar-refractivity contribution < 1.29 is 14.6 Å². The predicted molar refractivity (Wildman–Crippen MR) is 72.6 cm³/mol. The van der Waals surface area contributed by atoms with Crippen LogP contribution in [0.15, 0.2) is 36.5 Å². The second kappa shape index (κ2) is 6.20. The Balaban J connectivity index is 2.26. The molecular weight excluding hydrogens is 242 g/mol. The van der Waals surface area contributed by atoms with Crippen molar-refractivity contribution in [1.82, 2.24) is 4.98 Å². The molecule has 4 nitrogen and oxygen atoms in total. The van der Waals surface area contributed by atoms with Crippen LogP contribution < -0.4 is 9.47 Å². The number of pyridine rings is 1. The van der Waals surface area contributed by atoms with E-state index in [1.165, 1.54) is 0 Å². The van der Waals surface area contributed by atoms with Gasteiger partial charge in [0.05, 0.1) is 13.2 Å². The van der Waals surface area contributed by atoms with E-state index in [1.54, 1.807) is 6.20 Å². The maximum atomic E-state index is 9.06. The van der Waals surface area contributed by atoms with Gasteiger partial charge in [-0.05, 0) is 37.6 Å². The van der Waals surface area contributed by atoms with Gasteiger partial charge in [0, 0.05) is 11.8 Å². The molecule has 0 amide bonds. The van der Waals surface area contributed by atoms with Gasteiger partial charge in [-0.2, -0.15) is 0 Å². The second-order valence-corrected chi connectivity index (χ2v) is 4.11. The van der Waals surface area contributed by atoms with Crippen molar-refractivity contribution in [1.29, 1.82) is 0 Å². The van der Waals surface area contributed by atoms with Crippen LogP contribution in [0.2, 0.25) is 0 Å². The molecule has 0 atom stereocenters. The molecule has 0 fully saturated rings. The molecule has 0 bridgehead atoms. The van der Waals surface area contributed by atoms with Gasteiger partial charge in [-0.3, -0.25) is 0 Å². The number of rotatable bonds is 5. The van der Waals surface area contributed by atoms with E-state index in [2.05, 4.69) is 4.98 Å². The van der Waals surface area contributed by atoms with Crippen LogP contribution in [-0.2, 0) is 6.61 Å². The van der Waals surface area contributed by atoms with Gasteiger partial charge in [0.15, 0.2) is 11.5 Å². The van der Waals surface area contributed by atoms with E-state index in [-0.39, 0.29) is 6.61 Å². The lowest BCUT2D eigenvalue weighted by atomic mass is 10.2. The molecule has 1 aromatic heterocycles. The van der Waals surface area contributed by atoms with Crippen molar-refractivity contribution in [2.45, 2.75) is 20.5 Å². The van der Waals surface area contributed by atoms with Crippen molar-refractivity contribution in [3.8, 4) is 17.4 Å². The van der Waals surface area contributed by atoms with Crippen molar-refractivity contribution in [3.05, 3.63) is 47.7 Å². The molecule has 2 aromatic rings. The van der Waals surface area contributed by atoms with Gasteiger partial charge >= 0.3 is 0 Å². The minimum atomic E-state index is -0.0242. The minimum Gasteiger partial charge on any atom is -0.490 e. The number of aromatic nitrogens is 1. The summed E-state index contributed by atoms with van der Waals surface area (Å²) in [5.74, 6) is 1.85. The lowest BCUT2D eigenvalue weighted by Gasteiger charge is -2.12. The van der Waals surface area contributed by atoms with Crippen molar-refractivity contribution in [3.63, 3.8) is 0 Å². The van der Waals surface area contributed by atoms with Gasteiger partial charge in [-0.15, -0.1) is 0 Å². The molecule has 0 unspecified atom stereocenters. The summed E-state index contributed by atoms with van der Waals surface area (Å²) in [4.78, 5) is 4.21. The number of aryl methyl sites for hydroxylation is 1. The second-order valence-electron chi connectivity index (χ2n) is 4.11. The van der Waals surface area contributed by atoms with E-state index in [0.29, 0.717) is 24.0 Å². The van der Waals surface area contributed by atoms with Gasteiger partial charge in [0.1, 0.15) is 0 Å². The summed E-state index contributed by atoms with van der Waals surface area (Å²) in [5, 5.41) is 9.06. The Hall–Kier alpha value is -2.07. The molecule has 0 aliphatic heterocycles. The van der Waals surface area contributed by atoms with Gasteiger partial charge in [-0.25, -0.2) is 4.98 Å². The number of aliphatic hydroxyl groups is 1. The zero-order valence-corrected chi connectivity index (χ0v) is 11.1. The molecule has 19 heavy (non-hydrogen) atoms. The summed E-state index contributed by atoms with van der Waals surface area (Å²) in [7, 11) is 0. The Morgan fingerprint density at radius 2 is 1.95 bits per heavy atom. The zero-order valence-electron chi connectivity index (χ0n) is 11.1. The number of ether oxygens (including phenoxy) is 2. The highest BCUT2D eigenvalue weighted by molar-refractivity contribution is 5.43. The summed E-state index contributed by atoms with van der Waals surface area (Å²) >= 11 is 0. The molecule has 0 saturated carbocycles. The topological polar surface area (TPSA) is 51.6 Å². The van der Waals surface area contributed by atoms with E-state index < -0.39 is 0 Å². The highest BCUT2D eigenvalue weighted by Gasteiger charge is 2.08. The molecule has 0 spiro atoms. The summed E-state index contributed by atoms with van der Waals surface area (Å²) in [6, 6.07) is 9.33. The Morgan fingerprint density at radius 1 is 1.21 bits per heavy atom. The molecule has 0 saturated heterocycles. The lowest BCUT2D eigenvalue weighted by molar-refractivity contribution is 0.281. The van der Waals surface area contributed by atoms with Gasteiger partial charge in [0.25, 0.3) is 0 Å². The van der Waals surface area contributed by atoms with Crippen LogP contribution in [0, 0.1) is 6.92 Å².